The van der Waals surface area contributed by atoms with Gasteiger partial charge in [0.1, 0.15) is 5.41 Å². The van der Waals surface area contributed by atoms with Gasteiger partial charge in [-0.2, -0.15) is 5.10 Å². The van der Waals surface area contributed by atoms with Gasteiger partial charge in [-0.15, -0.1) is 0 Å². The van der Waals surface area contributed by atoms with Gasteiger partial charge in [0.25, 0.3) is 5.91 Å². The Morgan fingerprint density at radius 3 is 2.76 bits per heavy atom. The summed E-state index contributed by atoms with van der Waals surface area (Å²) in [6, 6.07) is 9.67. The molecule has 6 nitrogen and oxygen atoms in total. The highest BCUT2D eigenvalue weighted by atomic mass is 16.4. The van der Waals surface area contributed by atoms with Gasteiger partial charge in [-0.3, -0.25) is 4.79 Å². The van der Waals surface area contributed by atoms with E-state index in [1.54, 1.807) is 7.05 Å². The minimum Gasteiger partial charge on any atom is -0.465 e. The number of fused-ring (bicyclic) bond motifs is 1. The number of carbonyl (C=O) groups is 2. The summed E-state index contributed by atoms with van der Waals surface area (Å²) in [4.78, 5) is 25.2. The minimum atomic E-state index is -0.983. The maximum absolute atomic E-state index is 12.6. The largest absolute Gasteiger partial charge is 0.465 e. The van der Waals surface area contributed by atoms with E-state index in [-0.39, 0.29) is 12.5 Å². The van der Waals surface area contributed by atoms with Crippen LogP contribution in [0.2, 0.25) is 0 Å². The van der Waals surface area contributed by atoms with Crippen molar-refractivity contribution in [2.75, 3.05) is 20.1 Å². The molecule has 0 radical (unpaired) electrons. The first-order chi connectivity index (χ1) is 10.0. The Labute approximate surface area is 122 Å². The number of piperidine rings is 1. The van der Waals surface area contributed by atoms with Crippen molar-refractivity contribution in [3.05, 3.63) is 35.9 Å². The Balaban J connectivity index is 1.98. The van der Waals surface area contributed by atoms with Crippen LogP contribution in [-0.4, -0.2) is 52.9 Å². The van der Waals surface area contributed by atoms with E-state index in [9.17, 15) is 14.7 Å². The Hall–Kier alpha value is -2.37. The van der Waals surface area contributed by atoms with Crippen molar-refractivity contribution < 1.29 is 14.7 Å². The van der Waals surface area contributed by atoms with Gasteiger partial charge in [0, 0.05) is 26.6 Å². The Bertz CT molecular complexity index is 614. The lowest BCUT2D eigenvalue weighted by Crippen LogP contribution is -2.55. The fourth-order valence-corrected chi connectivity index (χ4v) is 3.19. The zero-order chi connectivity index (χ0) is 15.0. The van der Waals surface area contributed by atoms with Crippen molar-refractivity contribution in [3.8, 4) is 0 Å². The van der Waals surface area contributed by atoms with Crippen LogP contribution in [0.1, 0.15) is 12.0 Å². The minimum absolute atomic E-state index is 0.118. The molecule has 110 valence electrons. The standard InChI is InChI=1S/C15H17N3O3/c1-17-13(19)15(9-11-5-3-2-4-6-11)10-18(14(20)21)8-7-12(15)16-17/h2-6H,7-10H2,1H3,(H,20,21). The highest BCUT2D eigenvalue weighted by Crippen LogP contribution is 2.37. The van der Waals surface area contributed by atoms with E-state index in [1.165, 1.54) is 9.91 Å². The van der Waals surface area contributed by atoms with Gasteiger partial charge >= 0.3 is 6.09 Å². The third kappa shape index (κ3) is 2.16. The molecule has 1 atom stereocenters. The molecule has 1 N–H and O–H groups in total. The second-order valence-electron chi connectivity index (χ2n) is 5.57. The van der Waals surface area contributed by atoms with E-state index in [4.69, 9.17) is 0 Å². The molecule has 0 bridgehead atoms. The van der Waals surface area contributed by atoms with Gasteiger partial charge in [-0.05, 0) is 12.0 Å². The van der Waals surface area contributed by atoms with Gasteiger partial charge in [-0.1, -0.05) is 30.3 Å². The number of hydrogen-bond acceptors (Lipinski definition) is 3. The zero-order valence-corrected chi connectivity index (χ0v) is 11.8. The fourth-order valence-electron chi connectivity index (χ4n) is 3.19. The third-order valence-corrected chi connectivity index (χ3v) is 4.22. The Morgan fingerprint density at radius 1 is 1.38 bits per heavy atom. The molecule has 0 aromatic heterocycles. The molecule has 1 aromatic carbocycles. The number of amides is 2. The molecule has 1 aromatic rings. The number of carbonyl (C=O) groups excluding carboxylic acids is 1. The number of rotatable bonds is 2. The summed E-state index contributed by atoms with van der Waals surface area (Å²) >= 11 is 0. The van der Waals surface area contributed by atoms with Crippen LogP contribution in [0.5, 0.6) is 0 Å². The van der Waals surface area contributed by atoms with Gasteiger partial charge in [0.15, 0.2) is 0 Å². The predicted molar refractivity (Wildman–Crippen MR) is 77.0 cm³/mol. The molecule has 2 amide bonds. The van der Waals surface area contributed by atoms with Crippen LogP contribution < -0.4 is 0 Å². The van der Waals surface area contributed by atoms with Gasteiger partial charge in [0.05, 0.1) is 5.71 Å². The summed E-state index contributed by atoms with van der Waals surface area (Å²) in [5, 5.41) is 14.9. The molecule has 1 saturated heterocycles. The molecule has 0 aliphatic carbocycles. The van der Waals surface area contributed by atoms with Crippen LogP contribution in [0.15, 0.2) is 35.4 Å². The van der Waals surface area contributed by atoms with E-state index in [1.807, 2.05) is 30.3 Å². The summed E-state index contributed by atoms with van der Waals surface area (Å²) in [5.41, 5.74) is 0.977. The second-order valence-corrected chi connectivity index (χ2v) is 5.57. The number of nitrogens with zero attached hydrogens (tertiary/aromatic N) is 3. The number of benzene rings is 1. The smallest absolute Gasteiger partial charge is 0.407 e. The van der Waals surface area contributed by atoms with Crippen molar-refractivity contribution in [1.29, 1.82) is 0 Å². The molecule has 1 unspecified atom stereocenters. The molecule has 0 saturated carbocycles. The molecule has 6 heteroatoms. The number of carboxylic acid groups (broad SMARTS) is 1. The first-order valence-corrected chi connectivity index (χ1v) is 6.91. The van der Waals surface area contributed by atoms with Crippen LogP contribution in [0, 0.1) is 5.41 Å². The summed E-state index contributed by atoms with van der Waals surface area (Å²) in [5.74, 6) is -0.118. The lowest BCUT2D eigenvalue weighted by atomic mass is 9.73. The van der Waals surface area contributed by atoms with E-state index in [2.05, 4.69) is 5.10 Å². The monoisotopic (exact) mass is 287 g/mol. The fraction of sp³-hybridized carbons (Fsp3) is 0.400. The van der Waals surface area contributed by atoms with Gasteiger partial charge < -0.3 is 10.0 Å². The molecular formula is C15H17N3O3. The van der Waals surface area contributed by atoms with Crippen LogP contribution >= 0.6 is 0 Å². The summed E-state index contributed by atoms with van der Waals surface area (Å²) in [7, 11) is 1.63. The molecule has 2 aliphatic rings. The van der Waals surface area contributed by atoms with Gasteiger partial charge in [0.2, 0.25) is 0 Å². The average Bonchev–Trinajstić information content (AvgIpc) is 2.72. The highest BCUT2D eigenvalue weighted by Gasteiger charge is 2.53. The third-order valence-electron chi connectivity index (χ3n) is 4.22. The SMILES string of the molecule is CN1N=C2CCN(C(=O)O)CC2(Cc2ccccc2)C1=O. The van der Waals surface area contributed by atoms with Gasteiger partial charge in [-0.25, -0.2) is 9.80 Å². The number of likely N-dealkylation sites (tertiary alicyclic amines) is 1. The molecule has 2 heterocycles. The zero-order valence-electron chi connectivity index (χ0n) is 11.8. The van der Waals surface area contributed by atoms with Crippen molar-refractivity contribution in [2.24, 2.45) is 10.5 Å². The molecular weight excluding hydrogens is 270 g/mol. The lowest BCUT2D eigenvalue weighted by Gasteiger charge is -2.38. The van der Waals surface area contributed by atoms with E-state index in [0.29, 0.717) is 19.4 Å². The lowest BCUT2D eigenvalue weighted by molar-refractivity contribution is -0.135. The molecule has 3 rings (SSSR count). The Kier molecular flexibility index (Phi) is 3.16. The quantitative estimate of drug-likeness (QED) is 0.894. The Morgan fingerprint density at radius 2 is 2.10 bits per heavy atom. The van der Waals surface area contributed by atoms with Crippen molar-refractivity contribution in [3.63, 3.8) is 0 Å². The van der Waals surface area contributed by atoms with Crippen molar-refractivity contribution >= 4 is 17.7 Å². The van der Waals surface area contributed by atoms with E-state index in [0.717, 1.165) is 11.3 Å². The summed E-state index contributed by atoms with van der Waals surface area (Å²) in [6.45, 7) is 0.574. The second kappa shape index (κ2) is 4.87. The van der Waals surface area contributed by atoms with Crippen LogP contribution in [-0.2, 0) is 11.2 Å². The summed E-state index contributed by atoms with van der Waals surface area (Å²) < 4.78 is 0. The topological polar surface area (TPSA) is 73.2 Å². The molecule has 1 fully saturated rings. The maximum atomic E-state index is 12.6. The normalized spacial score (nSPS) is 24.8. The first kappa shape index (κ1) is 13.6. The van der Waals surface area contributed by atoms with Crippen molar-refractivity contribution in [2.45, 2.75) is 12.8 Å². The van der Waals surface area contributed by atoms with Crippen LogP contribution in [0.25, 0.3) is 0 Å². The van der Waals surface area contributed by atoms with Crippen LogP contribution in [0.3, 0.4) is 0 Å². The average molecular weight is 287 g/mol. The van der Waals surface area contributed by atoms with E-state index >= 15 is 0 Å². The predicted octanol–water partition coefficient (Wildman–Crippen LogP) is 1.43. The van der Waals surface area contributed by atoms with Crippen LogP contribution in [0.4, 0.5) is 4.79 Å². The first-order valence-electron chi connectivity index (χ1n) is 6.91. The highest BCUT2D eigenvalue weighted by molar-refractivity contribution is 6.13. The number of hydrogen-bond donors (Lipinski definition) is 1. The maximum Gasteiger partial charge on any atom is 0.407 e. The van der Waals surface area contributed by atoms with Crippen molar-refractivity contribution in [1.82, 2.24) is 9.91 Å². The summed E-state index contributed by atoms with van der Waals surface area (Å²) in [6.07, 6.45) is 0.0123. The molecule has 0 spiro atoms. The molecule has 21 heavy (non-hydrogen) atoms. The number of hydrazone groups is 1. The van der Waals surface area contributed by atoms with E-state index < -0.39 is 11.5 Å². The molecule has 2 aliphatic heterocycles.